The third kappa shape index (κ3) is 5.64. The molecule has 1 N–H and O–H groups in total. The number of nitrogens with zero attached hydrogens (tertiary/aromatic N) is 2. The molecule has 3 aliphatic heterocycles. The number of carbonyl (C=O) groups is 1. The summed E-state index contributed by atoms with van der Waals surface area (Å²) in [6, 6.07) is 0.675. The Bertz CT molecular complexity index is 407. The lowest BCUT2D eigenvalue weighted by Crippen LogP contribution is -2.47. The predicted octanol–water partition coefficient (Wildman–Crippen LogP) is 0.962. The van der Waals surface area contributed by atoms with Crippen LogP contribution in [0.25, 0.3) is 0 Å². The highest BCUT2D eigenvalue weighted by molar-refractivity contribution is 5.78. The number of nitrogens with one attached hydrogen (secondary N) is 1. The number of likely N-dealkylation sites (tertiary alicyclic amines) is 2. The molecule has 0 spiro atoms. The minimum atomic E-state index is 0.210. The summed E-state index contributed by atoms with van der Waals surface area (Å²) in [6.45, 7) is 8.79. The highest BCUT2D eigenvalue weighted by Gasteiger charge is 2.30. The van der Waals surface area contributed by atoms with Crippen LogP contribution >= 0.6 is 0 Å². The summed E-state index contributed by atoms with van der Waals surface area (Å²) in [4.78, 5) is 17.5. The molecule has 0 bridgehead atoms. The fourth-order valence-electron chi connectivity index (χ4n) is 4.47. The number of carbonyl (C=O) groups excluding carboxylic acids is 1. The summed E-state index contributed by atoms with van der Waals surface area (Å²) in [5, 5.41) is 3.23. The Balaban J connectivity index is 1.31. The van der Waals surface area contributed by atoms with E-state index in [1.54, 1.807) is 7.11 Å². The van der Waals surface area contributed by atoms with Crippen molar-refractivity contribution in [2.75, 3.05) is 66.2 Å². The number of hydrogen-bond donors (Lipinski definition) is 1. The molecule has 0 unspecified atom stereocenters. The van der Waals surface area contributed by atoms with E-state index in [1.807, 2.05) is 0 Å². The molecule has 3 aliphatic rings. The predicted molar refractivity (Wildman–Crippen MR) is 97.6 cm³/mol. The van der Waals surface area contributed by atoms with Gasteiger partial charge in [0.05, 0.1) is 6.61 Å². The number of piperidine rings is 1. The maximum Gasteiger partial charge on any atom is 0.223 e. The quantitative estimate of drug-likeness (QED) is 0.739. The first-order valence-corrected chi connectivity index (χ1v) is 10.1. The molecule has 6 nitrogen and oxygen atoms in total. The van der Waals surface area contributed by atoms with E-state index in [0.29, 0.717) is 12.0 Å². The molecule has 25 heavy (non-hydrogen) atoms. The van der Waals surface area contributed by atoms with Crippen LogP contribution in [0.5, 0.6) is 0 Å². The average molecular weight is 354 g/mol. The van der Waals surface area contributed by atoms with Crippen molar-refractivity contribution in [2.45, 2.75) is 38.1 Å². The summed E-state index contributed by atoms with van der Waals surface area (Å²) in [6.07, 6.45) is 5.50. The summed E-state index contributed by atoms with van der Waals surface area (Å²) < 4.78 is 10.6. The van der Waals surface area contributed by atoms with Crippen LogP contribution in [0.1, 0.15) is 32.1 Å². The van der Waals surface area contributed by atoms with E-state index in [-0.39, 0.29) is 11.8 Å². The summed E-state index contributed by atoms with van der Waals surface area (Å²) in [5.41, 5.74) is 0. The Morgan fingerprint density at radius 1 is 1.12 bits per heavy atom. The van der Waals surface area contributed by atoms with Gasteiger partial charge < -0.3 is 24.6 Å². The van der Waals surface area contributed by atoms with Crippen molar-refractivity contribution in [1.82, 2.24) is 15.1 Å². The van der Waals surface area contributed by atoms with E-state index >= 15 is 0 Å². The first-order valence-electron chi connectivity index (χ1n) is 10.1. The average Bonchev–Trinajstić information content (AvgIpc) is 3.13. The Labute approximate surface area is 152 Å². The fourth-order valence-corrected chi connectivity index (χ4v) is 4.47. The largest absolute Gasteiger partial charge is 0.383 e. The third-order valence-electron chi connectivity index (χ3n) is 6.15. The summed E-state index contributed by atoms with van der Waals surface area (Å²) >= 11 is 0. The first kappa shape index (κ1) is 19.1. The van der Waals surface area contributed by atoms with Crippen molar-refractivity contribution in [2.24, 2.45) is 11.8 Å². The van der Waals surface area contributed by atoms with Gasteiger partial charge in [-0.05, 0) is 57.7 Å². The maximum absolute atomic E-state index is 12.5. The van der Waals surface area contributed by atoms with E-state index in [0.717, 1.165) is 84.8 Å². The molecule has 0 aromatic heterocycles. The molecular weight excluding hydrogens is 318 g/mol. The monoisotopic (exact) mass is 353 g/mol. The number of hydrogen-bond acceptors (Lipinski definition) is 5. The zero-order valence-electron chi connectivity index (χ0n) is 15.8. The van der Waals surface area contributed by atoms with E-state index in [1.165, 1.54) is 6.42 Å². The van der Waals surface area contributed by atoms with Gasteiger partial charge in [0.2, 0.25) is 5.91 Å². The zero-order valence-corrected chi connectivity index (χ0v) is 15.8. The minimum Gasteiger partial charge on any atom is -0.383 e. The van der Waals surface area contributed by atoms with Crippen LogP contribution in [0, 0.1) is 11.8 Å². The van der Waals surface area contributed by atoms with Crippen molar-refractivity contribution in [3.8, 4) is 0 Å². The van der Waals surface area contributed by atoms with E-state index in [9.17, 15) is 4.79 Å². The molecule has 0 radical (unpaired) electrons. The Morgan fingerprint density at radius 2 is 1.88 bits per heavy atom. The molecule has 3 saturated heterocycles. The molecule has 0 aromatic rings. The lowest BCUT2D eigenvalue weighted by molar-refractivity contribution is -0.127. The lowest BCUT2D eigenvalue weighted by Gasteiger charge is -2.38. The fraction of sp³-hybridized carbons (Fsp3) is 0.947. The van der Waals surface area contributed by atoms with Crippen molar-refractivity contribution in [3.63, 3.8) is 0 Å². The molecule has 3 fully saturated rings. The first-order chi connectivity index (χ1) is 12.3. The molecule has 0 saturated carbocycles. The molecule has 6 heteroatoms. The molecule has 3 heterocycles. The van der Waals surface area contributed by atoms with Gasteiger partial charge in [0.25, 0.3) is 0 Å². The Morgan fingerprint density at radius 3 is 2.60 bits per heavy atom. The molecule has 0 aromatic carbocycles. The molecule has 144 valence electrons. The second-order valence-corrected chi connectivity index (χ2v) is 7.85. The van der Waals surface area contributed by atoms with Crippen LogP contribution in [0.2, 0.25) is 0 Å². The maximum atomic E-state index is 12.5. The van der Waals surface area contributed by atoms with Crippen LogP contribution in [0.4, 0.5) is 0 Å². The molecule has 0 aliphatic carbocycles. The van der Waals surface area contributed by atoms with Gasteiger partial charge in [0.1, 0.15) is 0 Å². The second-order valence-electron chi connectivity index (χ2n) is 7.85. The van der Waals surface area contributed by atoms with Crippen LogP contribution in [-0.4, -0.2) is 87.9 Å². The van der Waals surface area contributed by atoms with Gasteiger partial charge in [-0.2, -0.15) is 0 Å². The van der Waals surface area contributed by atoms with Gasteiger partial charge in [-0.25, -0.2) is 0 Å². The molecule has 1 amide bonds. The topological polar surface area (TPSA) is 54.0 Å². The number of rotatable bonds is 7. The number of methoxy groups -OCH3 is 1. The van der Waals surface area contributed by atoms with Gasteiger partial charge in [0, 0.05) is 51.9 Å². The van der Waals surface area contributed by atoms with E-state index in [4.69, 9.17) is 9.47 Å². The lowest BCUT2D eigenvalue weighted by atomic mass is 9.93. The highest BCUT2D eigenvalue weighted by Crippen LogP contribution is 2.23. The normalized spacial score (nSPS) is 27.6. The molecular formula is C19H35N3O3. The summed E-state index contributed by atoms with van der Waals surface area (Å²) in [5.74, 6) is 1.09. The van der Waals surface area contributed by atoms with Crippen LogP contribution < -0.4 is 5.32 Å². The molecule has 3 rings (SSSR count). The number of ether oxygens (including phenoxy) is 2. The van der Waals surface area contributed by atoms with Gasteiger partial charge in [-0.1, -0.05) is 0 Å². The van der Waals surface area contributed by atoms with Crippen molar-refractivity contribution in [3.05, 3.63) is 0 Å². The van der Waals surface area contributed by atoms with Gasteiger partial charge in [-0.3, -0.25) is 4.79 Å². The molecule has 1 atom stereocenters. The van der Waals surface area contributed by atoms with Crippen molar-refractivity contribution in [1.29, 1.82) is 0 Å². The zero-order chi connectivity index (χ0) is 17.5. The Kier molecular flexibility index (Phi) is 7.52. The summed E-state index contributed by atoms with van der Waals surface area (Å²) in [7, 11) is 1.75. The SMILES string of the molecule is COCCN1CC[C@@H](CNC(=O)C2CCN(C3CCOCC3)CC2)C1. The van der Waals surface area contributed by atoms with Gasteiger partial charge in [0.15, 0.2) is 0 Å². The van der Waals surface area contributed by atoms with Gasteiger partial charge >= 0.3 is 0 Å². The van der Waals surface area contributed by atoms with Gasteiger partial charge in [-0.15, -0.1) is 0 Å². The van der Waals surface area contributed by atoms with Crippen molar-refractivity contribution < 1.29 is 14.3 Å². The van der Waals surface area contributed by atoms with Crippen LogP contribution in [0.3, 0.4) is 0 Å². The van der Waals surface area contributed by atoms with Crippen LogP contribution in [0.15, 0.2) is 0 Å². The number of amides is 1. The highest BCUT2D eigenvalue weighted by atomic mass is 16.5. The smallest absolute Gasteiger partial charge is 0.223 e. The standard InChI is InChI=1S/C19H35N3O3/c1-24-13-10-21-7-2-16(15-21)14-20-19(23)17-3-8-22(9-4-17)18-5-11-25-12-6-18/h16-18H,2-15H2,1H3,(H,20,23)/t16-/m0/s1. The second kappa shape index (κ2) is 9.86. The minimum absolute atomic E-state index is 0.210. The third-order valence-corrected chi connectivity index (χ3v) is 6.15. The van der Waals surface area contributed by atoms with Crippen molar-refractivity contribution >= 4 is 5.91 Å². The van der Waals surface area contributed by atoms with E-state index in [2.05, 4.69) is 15.1 Å². The van der Waals surface area contributed by atoms with E-state index < -0.39 is 0 Å². The Hall–Kier alpha value is -0.690. The van der Waals surface area contributed by atoms with Crippen LogP contribution in [-0.2, 0) is 14.3 Å².